The third kappa shape index (κ3) is 4.40. The van der Waals surface area contributed by atoms with Crippen LogP contribution in [-0.2, 0) is 16.4 Å². The van der Waals surface area contributed by atoms with E-state index in [2.05, 4.69) is 15.0 Å². The molecule has 0 saturated heterocycles. The molecular formula is C20H21N3O2S. The Balaban J connectivity index is 1.71. The summed E-state index contributed by atoms with van der Waals surface area (Å²) >= 11 is 0. The average molecular weight is 367 g/mol. The molecular weight excluding hydrogens is 346 g/mol. The molecule has 0 saturated carbocycles. The van der Waals surface area contributed by atoms with Gasteiger partial charge in [0.1, 0.15) is 5.82 Å². The Morgan fingerprint density at radius 1 is 0.962 bits per heavy atom. The highest BCUT2D eigenvalue weighted by atomic mass is 32.2. The summed E-state index contributed by atoms with van der Waals surface area (Å²) in [6.07, 6.45) is 2.36. The highest BCUT2D eigenvalue weighted by Gasteiger charge is 2.14. The number of anilines is 3. The summed E-state index contributed by atoms with van der Waals surface area (Å²) in [5.41, 5.74) is 3.59. The molecule has 0 fully saturated rings. The average Bonchev–Trinajstić information content (AvgIpc) is 2.63. The van der Waals surface area contributed by atoms with Crippen LogP contribution in [0, 0.1) is 6.92 Å². The summed E-state index contributed by atoms with van der Waals surface area (Å²) in [4.78, 5) is 4.50. The van der Waals surface area contributed by atoms with Crippen LogP contribution in [0.4, 0.5) is 17.2 Å². The second kappa shape index (κ2) is 7.58. The quantitative estimate of drug-likeness (QED) is 0.673. The highest BCUT2D eigenvalue weighted by Crippen LogP contribution is 2.20. The predicted octanol–water partition coefficient (Wildman–Crippen LogP) is 4.50. The van der Waals surface area contributed by atoms with Crippen molar-refractivity contribution in [2.45, 2.75) is 25.2 Å². The fraction of sp³-hybridized carbons (Fsp3) is 0.150. The Labute approximate surface area is 154 Å². The lowest BCUT2D eigenvalue weighted by atomic mass is 10.2. The highest BCUT2D eigenvalue weighted by molar-refractivity contribution is 7.92. The van der Waals surface area contributed by atoms with Gasteiger partial charge in [-0.15, -0.1) is 0 Å². The lowest BCUT2D eigenvalue weighted by Crippen LogP contribution is -2.13. The second-order valence-corrected chi connectivity index (χ2v) is 7.71. The van der Waals surface area contributed by atoms with Crippen molar-refractivity contribution in [1.82, 2.24) is 4.98 Å². The van der Waals surface area contributed by atoms with E-state index in [4.69, 9.17) is 0 Å². The van der Waals surface area contributed by atoms with E-state index in [1.54, 1.807) is 24.3 Å². The van der Waals surface area contributed by atoms with Gasteiger partial charge in [-0.05, 0) is 60.9 Å². The van der Waals surface area contributed by atoms with Crippen LogP contribution in [0.15, 0.2) is 71.8 Å². The summed E-state index contributed by atoms with van der Waals surface area (Å²) in [7, 11) is -3.63. The van der Waals surface area contributed by atoms with Crippen molar-refractivity contribution < 1.29 is 8.42 Å². The molecule has 3 aromatic rings. The minimum absolute atomic E-state index is 0.233. The number of nitrogens with one attached hydrogen (secondary N) is 2. The SMILES string of the molecule is CCc1ccc(S(=O)(=O)Nc2ccc(Nc3cccc(C)c3)nc2)cc1. The van der Waals surface area contributed by atoms with Crippen molar-refractivity contribution in [3.05, 3.63) is 78.0 Å². The second-order valence-electron chi connectivity index (χ2n) is 6.03. The molecule has 0 aliphatic heterocycles. The third-order valence-electron chi connectivity index (χ3n) is 3.95. The summed E-state index contributed by atoms with van der Waals surface area (Å²) in [5, 5.41) is 3.19. The van der Waals surface area contributed by atoms with Gasteiger partial charge in [0.05, 0.1) is 16.8 Å². The van der Waals surface area contributed by atoms with Gasteiger partial charge in [-0.3, -0.25) is 4.72 Å². The van der Waals surface area contributed by atoms with Crippen LogP contribution in [0.2, 0.25) is 0 Å². The molecule has 2 N–H and O–H groups in total. The van der Waals surface area contributed by atoms with Gasteiger partial charge in [0, 0.05) is 5.69 Å². The van der Waals surface area contributed by atoms with Crippen LogP contribution < -0.4 is 10.0 Å². The first kappa shape index (κ1) is 17.9. The molecule has 1 aromatic heterocycles. The maximum absolute atomic E-state index is 12.5. The number of hydrogen-bond donors (Lipinski definition) is 2. The number of pyridine rings is 1. The zero-order chi connectivity index (χ0) is 18.6. The topological polar surface area (TPSA) is 71.1 Å². The van der Waals surface area contributed by atoms with Gasteiger partial charge in [-0.1, -0.05) is 31.2 Å². The first-order chi connectivity index (χ1) is 12.5. The fourth-order valence-electron chi connectivity index (χ4n) is 2.52. The molecule has 0 amide bonds. The minimum Gasteiger partial charge on any atom is -0.340 e. The van der Waals surface area contributed by atoms with E-state index in [1.807, 2.05) is 50.2 Å². The maximum atomic E-state index is 12.5. The van der Waals surface area contributed by atoms with Crippen LogP contribution in [-0.4, -0.2) is 13.4 Å². The first-order valence-corrected chi connectivity index (χ1v) is 9.86. The number of rotatable bonds is 6. The van der Waals surface area contributed by atoms with Crippen LogP contribution in [0.3, 0.4) is 0 Å². The van der Waals surface area contributed by atoms with Gasteiger partial charge in [0.2, 0.25) is 0 Å². The number of hydrogen-bond acceptors (Lipinski definition) is 4. The Morgan fingerprint density at radius 2 is 1.73 bits per heavy atom. The molecule has 0 radical (unpaired) electrons. The molecule has 26 heavy (non-hydrogen) atoms. The smallest absolute Gasteiger partial charge is 0.261 e. The Hall–Kier alpha value is -2.86. The van der Waals surface area contributed by atoms with E-state index in [9.17, 15) is 8.42 Å². The maximum Gasteiger partial charge on any atom is 0.261 e. The van der Waals surface area contributed by atoms with Gasteiger partial charge in [-0.25, -0.2) is 13.4 Å². The van der Waals surface area contributed by atoms with E-state index >= 15 is 0 Å². The molecule has 0 spiro atoms. The number of aromatic nitrogens is 1. The van der Waals surface area contributed by atoms with E-state index < -0.39 is 10.0 Å². The Bertz CT molecular complexity index is 982. The molecule has 0 atom stereocenters. The Morgan fingerprint density at radius 3 is 2.35 bits per heavy atom. The van der Waals surface area contributed by atoms with E-state index in [-0.39, 0.29) is 4.90 Å². The van der Waals surface area contributed by atoms with Gasteiger partial charge in [-0.2, -0.15) is 0 Å². The predicted molar refractivity (Wildman–Crippen MR) is 105 cm³/mol. The van der Waals surface area contributed by atoms with Gasteiger partial charge < -0.3 is 5.32 Å². The van der Waals surface area contributed by atoms with E-state index in [1.165, 1.54) is 6.20 Å². The minimum atomic E-state index is -3.63. The lowest BCUT2D eigenvalue weighted by Gasteiger charge is -2.10. The van der Waals surface area contributed by atoms with E-state index in [0.717, 1.165) is 23.2 Å². The van der Waals surface area contributed by atoms with Crippen molar-refractivity contribution in [3.63, 3.8) is 0 Å². The molecule has 3 rings (SSSR count). The molecule has 5 nitrogen and oxygen atoms in total. The van der Waals surface area contributed by atoms with Gasteiger partial charge in [0.25, 0.3) is 10.0 Å². The molecule has 2 aromatic carbocycles. The molecule has 0 bridgehead atoms. The van der Waals surface area contributed by atoms with Crippen LogP contribution in [0.25, 0.3) is 0 Å². The molecule has 0 aliphatic rings. The standard InChI is InChI=1S/C20H21N3O2S/c1-3-16-7-10-19(11-8-16)26(24,25)23-18-9-12-20(21-14-18)22-17-6-4-5-15(2)13-17/h4-14,23H,3H2,1-2H3,(H,21,22). The van der Waals surface area contributed by atoms with Crippen molar-refractivity contribution in [2.75, 3.05) is 10.0 Å². The number of nitrogens with zero attached hydrogens (tertiary/aromatic N) is 1. The van der Waals surface area contributed by atoms with Crippen molar-refractivity contribution in [1.29, 1.82) is 0 Å². The summed E-state index contributed by atoms with van der Waals surface area (Å²) in [6, 6.07) is 18.2. The van der Waals surface area contributed by atoms with Crippen molar-refractivity contribution in [2.24, 2.45) is 0 Å². The fourth-order valence-corrected chi connectivity index (χ4v) is 3.56. The zero-order valence-electron chi connectivity index (χ0n) is 14.7. The molecule has 0 aliphatic carbocycles. The normalized spacial score (nSPS) is 11.2. The molecule has 0 unspecified atom stereocenters. The number of sulfonamides is 1. The van der Waals surface area contributed by atoms with Crippen molar-refractivity contribution >= 4 is 27.2 Å². The number of aryl methyl sites for hydroxylation is 2. The Kier molecular flexibility index (Phi) is 5.23. The molecule has 1 heterocycles. The summed E-state index contributed by atoms with van der Waals surface area (Å²) in [5.74, 6) is 0.644. The van der Waals surface area contributed by atoms with Gasteiger partial charge in [0.15, 0.2) is 0 Å². The van der Waals surface area contributed by atoms with Crippen LogP contribution in [0.1, 0.15) is 18.1 Å². The van der Waals surface area contributed by atoms with Gasteiger partial charge >= 0.3 is 0 Å². The zero-order valence-corrected chi connectivity index (χ0v) is 15.5. The largest absolute Gasteiger partial charge is 0.340 e. The summed E-state index contributed by atoms with van der Waals surface area (Å²) < 4.78 is 27.5. The molecule has 134 valence electrons. The van der Waals surface area contributed by atoms with E-state index in [0.29, 0.717) is 11.5 Å². The monoisotopic (exact) mass is 367 g/mol. The number of benzene rings is 2. The van der Waals surface area contributed by atoms with Crippen molar-refractivity contribution in [3.8, 4) is 0 Å². The summed E-state index contributed by atoms with van der Waals surface area (Å²) in [6.45, 7) is 4.04. The lowest BCUT2D eigenvalue weighted by molar-refractivity contribution is 0.601. The van der Waals surface area contributed by atoms with Crippen LogP contribution in [0.5, 0.6) is 0 Å². The molecule has 6 heteroatoms. The van der Waals surface area contributed by atoms with Crippen LogP contribution >= 0.6 is 0 Å². The first-order valence-electron chi connectivity index (χ1n) is 8.38. The third-order valence-corrected chi connectivity index (χ3v) is 5.35.